The number of methoxy groups -OCH3 is 1. The van der Waals surface area contributed by atoms with Crippen molar-refractivity contribution in [1.82, 2.24) is 14.9 Å². The Balaban J connectivity index is 1.52. The van der Waals surface area contributed by atoms with E-state index in [1.165, 1.54) is 5.56 Å². The van der Waals surface area contributed by atoms with Crippen molar-refractivity contribution in [1.29, 1.82) is 0 Å². The van der Waals surface area contributed by atoms with Gasteiger partial charge in [0, 0.05) is 38.3 Å². The Kier molecular flexibility index (Phi) is 5.37. The lowest BCUT2D eigenvalue weighted by molar-refractivity contribution is -0.00576. The Labute approximate surface area is 165 Å². The van der Waals surface area contributed by atoms with Gasteiger partial charge in [-0.3, -0.25) is 14.7 Å². The van der Waals surface area contributed by atoms with Crippen molar-refractivity contribution in [2.75, 3.05) is 31.6 Å². The molecule has 2 aromatic rings. The number of aromatic amines is 1. The Morgan fingerprint density at radius 3 is 2.61 bits per heavy atom. The fourth-order valence-corrected chi connectivity index (χ4v) is 4.11. The lowest BCUT2D eigenvalue weighted by Gasteiger charge is -2.36. The minimum atomic E-state index is -0.00380. The number of anilines is 1. The summed E-state index contributed by atoms with van der Waals surface area (Å²) in [4.78, 5) is 24.9. The molecule has 2 aliphatic rings. The van der Waals surface area contributed by atoms with Gasteiger partial charge >= 0.3 is 0 Å². The first-order chi connectivity index (χ1) is 13.5. The molecule has 0 saturated carbocycles. The number of nitrogens with zero attached hydrogens (tertiary/aromatic N) is 3. The molecule has 2 aliphatic heterocycles. The smallest absolute Gasteiger partial charge is 0.255 e. The third kappa shape index (κ3) is 4.05. The molecule has 28 heavy (non-hydrogen) atoms. The summed E-state index contributed by atoms with van der Waals surface area (Å²) in [6, 6.07) is 8.13. The summed E-state index contributed by atoms with van der Waals surface area (Å²) in [6.45, 7) is 7.95. The number of rotatable bonds is 4. The highest BCUT2D eigenvalue weighted by Crippen LogP contribution is 2.21. The third-order valence-corrected chi connectivity index (χ3v) is 5.42. The molecule has 1 fully saturated rings. The molecule has 150 valence electrons. The van der Waals surface area contributed by atoms with Crippen molar-refractivity contribution in [2.24, 2.45) is 0 Å². The van der Waals surface area contributed by atoms with Gasteiger partial charge in [-0.15, -0.1) is 0 Å². The van der Waals surface area contributed by atoms with Gasteiger partial charge in [-0.05, 0) is 38.0 Å². The van der Waals surface area contributed by atoms with Crippen molar-refractivity contribution in [2.45, 2.75) is 45.6 Å². The van der Waals surface area contributed by atoms with Crippen LogP contribution in [-0.4, -0.2) is 53.8 Å². The van der Waals surface area contributed by atoms with E-state index in [0.717, 1.165) is 49.6 Å². The Morgan fingerprint density at radius 1 is 1.21 bits per heavy atom. The molecule has 0 spiro atoms. The average molecular weight is 384 g/mol. The number of fused-ring (bicyclic) bond motifs is 1. The van der Waals surface area contributed by atoms with Gasteiger partial charge in [0.15, 0.2) is 0 Å². The lowest BCUT2D eigenvalue weighted by Crippen LogP contribution is -2.47. The van der Waals surface area contributed by atoms with Gasteiger partial charge in [0.25, 0.3) is 5.56 Å². The standard InChI is InChI=1S/C21H28N4O3/c1-14-10-25(11-15(2)28-14)21-22-19-13-24(9-8-18(19)20(26)23-21)12-16-4-6-17(27-3)7-5-16/h4-7,14-15H,8-13H2,1-3H3,(H,22,23,26). The lowest BCUT2D eigenvalue weighted by atomic mass is 10.1. The molecule has 0 radical (unpaired) electrons. The van der Waals surface area contributed by atoms with Gasteiger partial charge in [0.05, 0.1) is 25.0 Å². The van der Waals surface area contributed by atoms with E-state index in [1.807, 2.05) is 12.1 Å². The fourth-order valence-electron chi connectivity index (χ4n) is 4.11. The molecular weight excluding hydrogens is 356 g/mol. The number of H-pyrrole nitrogens is 1. The number of hydrogen-bond donors (Lipinski definition) is 1. The van der Waals surface area contributed by atoms with E-state index in [2.05, 4.69) is 40.8 Å². The highest BCUT2D eigenvalue weighted by atomic mass is 16.5. The van der Waals surface area contributed by atoms with Crippen molar-refractivity contribution in [3.8, 4) is 5.75 Å². The second-order valence-electron chi connectivity index (χ2n) is 7.79. The number of morpholine rings is 1. The van der Waals surface area contributed by atoms with Gasteiger partial charge in [-0.1, -0.05) is 12.1 Å². The molecule has 1 aromatic heterocycles. The largest absolute Gasteiger partial charge is 0.497 e. The molecule has 2 atom stereocenters. The van der Waals surface area contributed by atoms with Crippen LogP contribution in [0.1, 0.15) is 30.7 Å². The summed E-state index contributed by atoms with van der Waals surface area (Å²) in [7, 11) is 1.67. The monoisotopic (exact) mass is 384 g/mol. The van der Waals surface area contributed by atoms with Gasteiger partial charge in [0.1, 0.15) is 5.75 Å². The molecule has 0 aliphatic carbocycles. The van der Waals surface area contributed by atoms with Gasteiger partial charge < -0.3 is 14.4 Å². The van der Waals surface area contributed by atoms with Crippen LogP contribution >= 0.6 is 0 Å². The number of nitrogens with one attached hydrogen (secondary N) is 1. The Bertz CT molecular complexity index is 870. The van der Waals surface area contributed by atoms with Crippen LogP contribution < -0.4 is 15.2 Å². The molecule has 4 rings (SSSR count). The summed E-state index contributed by atoms with van der Waals surface area (Å²) >= 11 is 0. The molecule has 0 bridgehead atoms. The molecule has 1 saturated heterocycles. The third-order valence-electron chi connectivity index (χ3n) is 5.42. The van der Waals surface area contributed by atoms with Crippen molar-refractivity contribution in [3.05, 3.63) is 51.4 Å². The maximum Gasteiger partial charge on any atom is 0.255 e. The molecule has 2 unspecified atom stereocenters. The van der Waals surface area contributed by atoms with Gasteiger partial charge in [-0.25, -0.2) is 4.98 Å². The minimum absolute atomic E-state index is 0.00380. The van der Waals surface area contributed by atoms with E-state index >= 15 is 0 Å². The van der Waals surface area contributed by atoms with Crippen LogP contribution in [0.5, 0.6) is 5.75 Å². The SMILES string of the molecule is COc1ccc(CN2CCc3c(nc(N4CC(C)OC(C)C4)[nH]c3=O)C2)cc1. The van der Waals surface area contributed by atoms with E-state index in [4.69, 9.17) is 14.5 Å². The Hall–Kier alpha value is -2.38. The van der Waals surface area contributed by atoms with Crippen LogP contribution in [0.4, 0.5) is 5.95 Å². The second-order valence-corrected chi connectivity index (χ2v) is 7.79. The van der Waals surface area contributed by atoms with Crippen LogP contribution in [0, 0.1) is 0 Å². The van der Waals surface area contributed by atoms with Gasteiger partial charge in [0.2, 0.25) is 5.95 Å². The van der Waals surface area contributed by atoms with Crippen molar-refractivity contribution in [3.63, 3.8) is 0 Å². The summed E-state index contributed by atoms with van der Waals surface area (Å²) < 4.78 is 11.0. The molecular formula is C21H28N4O3. The zero-order chi connectivity index (χ0) is 19.7. The second kappa shape index (κ2) is 7.93. The molecule has 1 aromatic carbocycles. The first-order valence-corrected chi connectivity index (χ1v) is 9.89. The molecule has 1 N–H and O–H groups in total. The molecule has 7 nitrogen and oxygen atoms in total. The van der Waals surface area contributed by atoms with E-state index in [9.17, 15) is 4.79 Å². The first kappa shape index (κ1) is 19.0. The molecule has 0 amide bonds. The van der Waals surface area contributed by atoms with E-state index in [-0.39, 0.29) is 17.8 Å². The Morgan fingerprint density at radius 2 is 1.93 bits per heavy atom. The normalized spacial score (nSPS) is 22.8. The molecule has 3 heterocycles. The van der Waals surface area contributed by atoms with E-state index in [0.29, 0.717) is 12.5 Å². The summed E-state index contributed by atoms with van der Waals surface area (Å²) in [5, 5.41) is 0. The minimum Gasteiger partial charge on any atom is -0.497 e. The number of aromatic nitrogens is 2. The topological polar surface area (TPSA) is 70.7 Å². The van der Waals surface area contributed by atoms with E-state index in [1.54, 1.807) is 7.11 Å². The quantitative estimate of drug-likeness (QED) is 0.869. The highest BCUT2D eigenvalue weighted by molar-refractivity contribution is 5.35. The average Bonchev–Trinajstić information content (AvgIpc) is 2.67. The fraction of sp³-hybridized carbons (Fsp3) is 0.524. The number of ether oxygens (including phenoxy) is 2. The highest BCUT2D eigenvalue weighted by Gasteiger charge is 2.27. The predicted octanol–water partition coefficient (Wildman–Crippen LogP) is 1.95. The van der Waals surface area contributed by atoms with Crippen LogP contribution in [0.3, 0.4) is 0 Å². The number of hydrogen-bond acceptors (Lipinski definition) is 6. The predicted molar refractivity (Wildman–Crippen MR) is 108 cm³/mol. The summed E-state index contributed by atoms with van der Waals surface area (Å²) in [6.07, 6.45) is 0.970. The zero-order valence-corrected chi connectivity index (χ0v) is 16.8. The van der Waals surface area contributed by atoms with Crippen LogP contribution in [0.15, 0.2) is 29.1 Å². The van der Waals surface area contributed by atoms with Crippen molar-refractivity contribution < 1.29 is 9.47 Å². The van der Waals surface area contributed by atoms with E-state index < -0.39 is 0 Å². The number of benzene rings is 1. The van der Waals surface area contributed by atoms with Crippen LogP contribution in [-0.2, 0) is 24.2 Å². The first-order valence-electron chi connectivity index (χ1n) is 9.89. The van der Waals surface area contributed by atoms with Gasteiger partial charge in [-0.2, -0.15) is 0 Å². The van der Waals surface area contributed by atoms with Crippen LogP contribution in [0.25, 0.3) is 0 Å². The zero-order valence-electron chi connectivity index (χ0n) is 16.8. The summed E-state index contributed by atoms with van der Waals surface area (Å²) in [5.74, 6) is 1.52. The maximum atomic E-state index is 12.6. The van der Waals surface area contributed by atoms with Crippen molar-refractivity contribution >= 4 is 5.95 Å². The summed E-state index contributed by atoms with van der Waals surface area (Å²) in [5.41, 5.74) is 2.94. The van der Waals surface area contributed by atoms with Crippen LogP contribution in [0.2, 0.25) is 0 Å². The molecule has 7 heteroatoms. The maximum absolute atomic E-state index is 12.6.